The molecule has 2 aromatic carbocycles. The number of rotatable bonds is 1. The summed E-state index contributed by atoms with van der Waals surface area (Å²) in [5.74, 6) is 0. The van der Waals surface area contributed by atoms with E-state index in [1.165, 1.54) is 28.7 Å². The summed E-state index contributed by atoms with van der Waals surface area (Å²) in [6, 6.07) is 18.3. The Labute approximate surface area is 120 Å². The van der Waals surface area contributed by atoms with Crippen LogP contribution >= 0.6 is 0 Å². The molecule has 2 nitrogen and oxygen atoms in total. The van der Waals surface area contributed by atoms with Crippen LogP contribution in [0.2, 0.25) is 0 Å². The maximum atomic E-state index is 3.55. The Bertz CT molecular complexity index is 595. The normalized spacial score (nSPS) is 22.1. The lowest BCUT2D eigenvalue weighted by molar-refractivity contribution is 0.192. The summed E-state index contributed by atoms with van der Waals surface area (Å²) in [4.78, 5) is 2.64. The molecule has 102 valence electrons. The Hall–Kier alpha value is -1.64. The largest absolute Gasteiger partial charge is 0.313 e. The lowest BCUT2D eigenvalue weighted by Crippen LogP contribution is -2.24. The van der Waals surface area contributed by atoms with Crippen LogP contribution in [0, 0.1) is 0 Å². The molecule has 2 aromatic rings. The van der Waals surface area contributed by atoms with E-state index in [2.05, 4.69) is 58.7 Å². The van der Waals surface area contributed by atoms with Crippen LogP contribution in [-0.2, 0) is 19.6 Å². The fourth-order valence-electron chi connectivity index (χ4n) is 3.60. The van der Waals surface area contributed by atoms with Gasteiger partial charge in [-0.3, -0.25) is 4.90 Å². The minimum absolute atomic E-state index is 0.550. The van der Waals surface area contributed by atoms with Crippen LogP contribution in [0.4, 0.5) is 0 Å². The van der Waals surface area contributed by atoms with Crippen LogP contribution in [-0.4, -0.2) is 11.4 Å². The van der Waals surface area contributed by atoms with Gasteiger partial charge in [0.05, 0.1) is 0 Å². The second-order valence-electron chi connectivity index (χ2n) is 5.85. The Kier molecular flexibility index (Phi) is 3.06. The number of hydrogen-bond donors (Lipinski definition) is 1. The molecule has 1 unspecified atom stereocenters. The van der Waals surface area contributed by atoms with Crippen molar-refractivity contribution in [2.45, 2.75) is 32.1 Å². The van der Waals surface area contributed by atoms with Gasteiger partial charge in [-0.05, 0) is 35.2 Å². The molecule has 0 amide bonds. The Morgan fingerprint density at radius 3 is 2.25 bits per heavy atom. The first kappa shape index (κ1) is 12.1. The van der Waals surface area contributed by atoms with Gasteiger partial charge in [-0.15, -0.1) is 0 Å². The van der Waals surface area contributed by atoms with Crippen molar-refractivity contribution < 1.29 is 0 Å². The molecule has 2 aliphatic heterocycles. The molecule has 0 bridgehead atoms. The molecule has 2 heteroatoms. The molecule has 2 aliphatic rings. The monoisotopic (exact) mass is 264 g/mol. The minimum atomic E-state index is 0.550. The van der Waals surface area contributed by atoms with E-state index in [1.807, 2.05) is 0 Å². The van der Waals surface area contributed by atoms with E-state index in [1.54, 1.807) is 0 Å². The van der Waals surface area contributed by atoms with Crippen LogP contribution in [0.3, 0.4) is 0 Å². The van der Waals surface area contributed by atoms with E-state index in [4.69, 9.17) is 0 Å². The number of fused-ring (bicyclic) bond motifs is 2. The van der Waals surface area contributed by atoms with E-state index in [9.17, 15) is 0 Å². The second-order valence-corrected chi connectivity index (χ2v) is 5.85. The Morgan fingerprint density at radius 2 is 1.50 bits per heavy atom. The van der Waals surface area contributed by atoms with Crippen molar-refractivity contribution in [3.05, 3.63) is 70.8 Å². The number of nitrogens with one attached hydrogen (secondary N) is 1. The van der Waals surface area contributed by atoms with Crippen LogP contribution in [0.5, 0.6) is 0 Å². The number of nitrogens with zero attached hydrogens (tertiary/aromatic N) is 1. The summed E-state index contributed by atoms with van der Waals surface area (Å²) in [6.07, 6.45) is 1.20. The van der Waals surface area contributed by atoms with Crippen molar-refractivity contribution in [3.8, 4) is 0 Å². The first-order chi connectivity index (χ1) is 9.92. The molecule has 0 saturated heterocycles. The predicted octanol–water partition coefficient (Wildman–Crippen LogP) is 3.24. The second kappa shape index (κ2) is 5.04. The van der Waals surface area contributed by atoms with E-state index >= 15 is 0 Å². The average Bonchev–Trinajstić information content (AvgIpc) is 2.80. The summed E-state index contributed by atoms with van der Waals surface area (Å²) in [6.45, 7) is 4.30. The predicted molar refractivity (Wildman–Crippen MR) is 81.2 cm³/mol. The Morgan fingerprint density at radius 1 is 0.850 bits per heavy atom. The van der Waals surface area contributed by atoms with Gasteiger partial charge in [-0.2, -0.15) is 0 Å². The summed E-state index contributed by atoms with van der Waals surface area (Å²) in [5, 5.41) is 3.55. The molecular weight excluding hydrogens is 244 g/mol. The van der Waals surface area contributed by atoms with E-state index in [-0.39, 0.29) is 0 Å². The van der Waals surface area contributed by atoms with Crippen LogP contribution in [0.1, 0.15) is 34.7 Å². The van der Waals surface area contributed by atoms with Gasteiger partial charge in [0.2, 0.25) is 0 Å². The molecular formula is C18H20N2. The lowest BCUT2D eigenvalue weighted by atomic mass is 9.98. The molecule has 1 N–H and O–H groups in total. The third kappa shape index (κ3) is 2.05. The average molecular weight is 264 g/mol. The highest BCUT2D eigenvalue weighted by Crippen LogP contribution is 2.35. The van der Waals surface area contributed by atoms with Gasteiger partial charge in [-0.1, -0.05) is 48.5 Å². The Balaban J connectivity index is 1.67. The van der Waals surface area contributed by atoms with Crippen molar-refractivity contribution in [1.29, 1.82) is 0 Å². The fraction of sp³-hybridized carbons (Fsp3) is 0.333. The molecule has 20 heavy (non-hydrogen) atoms. The molecule has 0 radical (unpaired) electrons. The number of benzene rings is 2. The van der Waals surface area contributed by atoms with Gasteiger partial charge in [0, 0.05) is 25.7 Å². The van der Waals surface area contributed by atoms with Crippen LogP contribution < -0.4 is 5.32 Å². The third-order valence-corrected chi connectivity index (χ3v) is 4.63. The van der Waals surface area contributed by atoms with Crippen molar-refractivity contribution in [2.24, 2.45) is 0 Å². The molecule has 0 fully saturated rings. The van der Waals surface area contributed by atoms with Gasteiger partial charge >= 0.3 is 0 Å². The molecule has 0 spiro atoms. The zero-order chi connectivity index (χ0) is 13.4. The van der Waals surface area contributed by atoms with Gasteiger partial charge < -0.3 is 5.32 Å². The SMILES string of the molecule is c1ccc2c(c1)CN(C1CCNCc3ccccc31)C2. The van der Waals surface area contributed by atoms with Crippen molar-refractivity contribution >= 4 is 0 Å². The maximum absolute atomic E-state index is 3.55. The molecule has 0 aliphatic carbocycles. The molecule has 0 aromatic heterocycles. The lowest BCUT2D eigenvalue weighted by Gasteiger charge is -2.28. The van der Waals surface area contributed by atoms with Gasteiger partial charge in [-0.25, -0.2) is 0 Å². The summed E-state index contributed by atoms with van der Waals surface area (Å²) >= 11 is 0. The van der Waals surface area contributed by atoms with E-state index in [0.717, 1.165) is 26.2 Å². The fourth-order valence-corrected chi connectivity index (χ4v) is 3.60. The summed E-state index contributed by atoms with van der Waals surface area (Å²) in [7, 11) is 0. The van der Waals surface area contributed by atoms with Crippen LogP contribution in [0.15, 0.2) is 48.5 Å². The van der Waals surface area contributed by atoms with Crippen molar-refractivity contribution in [1.82, 2.24) is 10.2 Å². The van der Waals surface area contributed by atoms with Gasteiger partial charge in [0.15, 0.2) is 0 Å². The van der Waals surface area contributed by atoms with E-state index in [0.29, 0.717) is 6.04 Å². The quantitative estimate of drug-likeness (QED) is 0.850. The molecule has 0 saturated carbocycles. The van der Waals surface area contributed by atoms with Crippen LogP contribution in [0.25, 0.3) is 0 Å². The van der Waals surface area contributed by atoms with E-state index < -0.39 is 0 Å². The van der Waals surface area contributed by atoms with Crippen molar-refractivity contribution in [2.75, 3.05) is 6.54 Å². The van der Waals surface area contributed by atoms with Gasteiger partial charge in [0.25, 0.3) is 0 Å². The molecule has 1 atom stereocenters. The highest BCUT2D eigenvalue weighted by Gasteiger charge is 2.28. The summed E-state index contributed by atoms with van der Waals surface area (Å²) < 4.78 is 0. The molecule has 2 heterocycles. The zero-order valence-corrected chi connectivity index (χ0v) is 11.7. The smallest absolute Gasteiger partial charge is 0.0370 e. The maximum Gasteiger partial charge on any atom is 0.0370 e. The third-order valence-electron chi connectivity index (χ3n) is 4.63. The molecule has 4 rings (SSSR count). The first-order valence-electron chi connectivity index (χ1n) is 7.51. The van der Waals surface area contributed by atoms with Gasteiger partial charge in [0.1, 0.15) is 0 Å². The summed E-state index contributed by atoms with van der Waals surface area (Å²) in [5.41, 5.74) is 5.99. The first-order valence-corrected chi connectivity index (χ1v) is 7.51. The number of hydrogen-bond acceptors (Lipinski definition) is 2. The van der Waals surface area contributed by atoms with Crippen molar-refractivity contribution in [3.63, 3.8) is 0 Å². The minimum Gasteiger partial charge on any atom is -0.313 e. The highest BCUT2D eigenvalue weighted by molar-refractivity contribution is 5.34. The standard InChI is InChI=1S/C18H20N2/c1-2-7-16-13-20(12-15(16)6-1)18-9-10-19-11-14-5-3-4-8-17(14)18/h1-8,18-19H,9-13H2. The zero-order valence-electron chi connectivity index (χ0n) is 11.7. The highest BCUT2D eigenvalue weighted by atomic mass is 15.2. The topological polar surface area (TPSA) is 15.3 Å².